The van der Waals surface area contributed by atoms with Gasteiger partial charge in [0.2, 0.25) is 0 Å². The maximum absolute atomic E-state index is 11.7. The van der Waals surface area contributed by atoms with Crippen LogP contribution in [0.2, 0.25) is 13.6 Å². The lowest BCUT2D eigenvalue weighted by molar-refractivity contribution is 0.537. The Morgan fingerprint density at radius 2 is 1.85 bits per heavy atom. The van der Waals surface area contributed by atoms with E-state index in [1.54, 1.807) is 0 Å². The summed E-state index contributed by atoms with van der Waals surface area (Å²) in [6.07, 6.45) is 1.03. The van der Waals surface area contributed by atoms with Crippen LogP contribution in [-0.4, -0.2) is 22.0 Å². The molecular formula is C9H22BNOS. The molecule has 0 bridgehead atoms. The van der Waals surface area contributed by atoms with Crippen molar-refractivity contribution in [2.75, 3.05) is 0 Å². The van der Waals surface area contributed by atoms with Crippen LogP contribution in [0.4, 0.5) is 0 Å². The Hall–Kier alpha value is 0.335. The lowest BCUT2D eigenvalue weighted by Crippen LogP contribution is -2.49. The van der Waals surface area contributed by atoms with Gasteiger partial charge in [0.15, 0.2) is 6.71 Å². The molecule has 0 saturated heterocycles. The van der Waals surface area contributed by atoms with Crippen molar-refractivity contribution in [2.45, 2.75) is 58.5 Å². The molecule has 4 heteroatoms. The zero-order chi connectivity index (χ0) is 10.6. The van der Waals surface area contributed by atoms with Gasteiger partial charge in [0.1, 0.15) is 4.75 Å². The van der Waals surface area contributed by atoms with Gasteiger partial charge in [-0.3, -0.25) is 0 Å². The molecule has 0 heterocycles. The molecular weight excluding hydrogens is 181 g/mol. The van der Waals surface area contributed by atoms with Crippen LogP contribution in [0, 0.1) is 0 Å². The second kappa shape index (κ2) is 5.27. The van der Waals surface area contributed by atoms with E-state index in [1.165, 1.54) is 0 Å². The maximum Gasteiger partial charge on any atom is 0.159 e. The first kappa shape index (κ1) is 13.3. The third-order valence-corrected chi connectivity index (χ3v) is 3.69. The smallest absolute Gasteiger partial charge is 0.159 e. The van der Waals surface area contributed by atoms with Gasteiger partial charge in [-0.25, -0.2) is 0 Å². The van der Waals surface area contributed by atoms with Crippen molar-refractivity contribution in [3.05, 3.63) is 0 Å². The quantitative estimate of drug-likeness (QED) is 0.561. The Bertz CT molecular complexity index is 147. The minimum Gasteiger partial charge on any atom is -0.598 e. The van der Waals surface area contributed by atoms with E-state index in [-0.39, 0.29) is 4.75 Å². The standard InChI is InChI=1S/C9H22BNOS/c1-7-8(10(5)6)11-13(12)9(2,3)4/h8,11H,7H2,1-6H3/t8?,13-/m1/s1. The monoisotopic (exact) mass is 203 g/mol. The molecule has 13 heavy (non-hydrogen) atoms. The van der Waals surface area contributed by atoms with Gasteiger partial charge in [0, 0.05) is 17.3 Å². The molecule has 0 rings (SSSR count). The summed E-state index contributed by atoms with van der Waals surface area (Å²) < 4.78 is 14.8. The Balaban J connectivity index is 4.09. The van der Waals surface area contributed by atoms with Gasteiger partial charge in [-0.05, 0) is 27.2 Å². The predicted molar refractivity (Wildman–Crippen MR) is 62.6 cm³/mol. The molecule has 0 aromatic heterocycles. The molecule has 0 aliphatic heterocycles. The molecule has 0 aliphatic rings. The molecule has 0 amide bonds. The molecule has 0 spiro atoms. The van der Waals surface area contributed by atoms with E-state index in [9.17, 15) is 4.55 Å². The van der Waals surface area contributed by atoms with Crippen molar-refractivity contribution in [1.82, 2.24) is 4.72 Å². The van der Waals surface area contributed by atoms with Crippen LogP contribution in [0.3, 0.4) is 0 Å². The van der Waals surface area contributed by atoms with E-state index < -0.39 is 11.4 Å². The lowest BCUT2D eigenvalue weighted by Gasteiger charge is -2.28. The van der Waals surface area contributed by atoms with Gasteiger partial charge in [-0.2, -0.15) is 0 Å². The fourth-order valence-electron chi connectivity index (χ4n) is 1.01. The van der Waals surface area contributed by atoms with Crippen molar-refractivity contribution >= 4 is 18.1 Å². The van der Waals surface area contributed by atoms with Crippen LogP contribution < -0.4 is 4.72 Å². The maximum atomic E-state index is 11.7. The molecule has 2 nitrogen and oxygen atoms in total. The Labute approximate surface area is 86.3 Å². The molecule has 0 saturated carbocycles. The normalized spacial score (nSPS) is 16.8. The molecule has 0 fully saturated rings. The van der Waals surface area contributed by atoms with E-state index in [2.05, 4.69) is 25.3 Å². The SMILES string of the molecule is CCC(N[S@+]([O-])C(C)(C)C)B(C)C. The Morgan fingerprint density at radius 3 is 2.08 bits per heavy atom. The van der Waals surface area contributed by atoms with E-state index in [4.69, 9.17) is 0 Å². The highest BCUT2D eigenvalue weighted by Crippen LogP contribution is 2.14. The predicted octanol–water partition coefficient (Wildman–Crippen LogP) is 2.11. The third-order valence-electron chi connectivity index (χ3n) is 2.06. The average Bonchev–Trinajstić information content (AvgIpc) is 1.96. The zero-order valence-corrected chi connectivity index (χ0v) is 10.5. The summed E-state index contributed by atoms with van der Waals surface area (Å²) in [6.45, 7) is 12.9. The zero-order valence-electron chi connectivity index (χ0n) is 9.68. The summed E-state index contributed by atoms with van der Waals surface area (Å²) in [5, 5.41) is 0. The van der Waals surface area contributed by atoms with Crippen molar-refractivity contribution in [3.63, 3.8) is 0 Å². The molecule has 0 aromatic carbocycles. The van der Waals surface area contributed by atoms with Crippen molar-refractivity contribution < 1.29 is 4.55 Å². The van der Waals surface area contributed by atoms with Gasteiger partial charge in [0.05, 0.1) is 0 Å². The summed E-state index contributed by atoms with van der Waals surface area (Å²) in [5.74, 6) is 0.361. The van der Waals surface area contributed by atoms with Crippen LogP contribution >= 0.6 is 0 Å². The highest BCUT2D eigenvalue weighted by Gasteiger charge is 2.30. The second-order valence-electron chi connectivity index (χ2n) is 4.76. The van der Waals surface area contributed by atoms with E-state index in [0.717, 1.165) is 6.42 Å². The third kappa shape index (κ3) is 4.94. The summed E-state index contributed by atoms with van der Waals surface area (Å²) in [7, 11) is 0. The number of hydrogen-bond acceptors (Lipinski definition) is 2. The van der Waals surface area contributed by atoms with Gasteiger partial charge < -0.3 is 4.55 Å². The molecule has 2 atom stereocenters. The molecule has 0 radical (unpaired) electrons. The minimum atomic E-state index is -0.938. The van der Waals surface area contributed by atoms with Crippen LogP contribution in [0.15, 0.2) is 0 Å². The molecule has 78 valence electrons. The Kier molecular flexibility index (Phi) is 5.41. The van der Waals surface area contributed by atoms with Gasteiger partial charge in [0.25, 0.3) is 0 Å². The Morgan fingerprint density at radius 1 is 1.38 bits per heavy atom. The molecule has 1 unspecified atom stereocenters. The fraction of sp³-hybridized carbons (Fsp3) is 1.00. The van der Waals surface area contributed by atoms with Crippen LogP contribution in [0.1, 0.15) is 34.1 Å². The first-order valence-electron chi connectivity index (χ1n) is 4.97. The minimum absolute atomic E-state index is 0.164. The number of nitrogens with one attached hydrogen (secondary N) is 1. The van der Waals surface area contributed by atoms with E-state index >= 15 is 0 Å². The second-order valence-corrected chi connectivity index (χ2v) is 6.76. The topological polar surface area (TPSA) is 35.1 Å². The first-order valence-corrected chi connectivity index (χ1v) is 6.12. The molecule has 0 aromatic rings. The van der Waals surface area contributed by atoms with Gasteiger partial charge >= 0.3 is 0 Å². The van der Waals surface area contributed by atoms with Crippen LogP contribution in [-0.2, 0) is 11.4 Å². The first-order chi connectivity index (χ1) is 5.79. The van der Waals surface area contributed by atoms with Crippen molar-refractivity contribution in [1.29, 1.82) is 0 Å². The lowest BCUT2D eigenvalue weighted by atomic mass is 9.48. The summed E-state index contributed by atoms with van der Waals surface area (Å²) in [6, 6.07) is 0. The van der Waals surface area contributed by atoms with Gasteiger partial charge in [-0.1, -0.05) is 20.6 Å². The summed E-state index contributed by atoms with van der Waals surface area (Å²) >= 11 is -0.938. The summed E-state index contributed by atoms with van der Waals surface area (Å²) in [4.78, 5) is 0. The molecule has 0 aliphatic carbocycles. The number of rotatable bonds is 4. The average molecular weight is 203 g/mol. The van der Waals surface area contributed by atoms with Gasteiger partial charge in [-0.15, -0.1) is 4.72 Å². The van der Waals surface area contributed by atoms with Crippen LogP contribution in [0.25, 0.3) is 0 Å². The fourth-order valence-corrected chi connectivity index (χ4v) is 2.07. The highest BCUT2D eigenvalue weighted by molar-refractivity contribution is 7.90. The largest absolute Gasteiger partial charge is 0.598 e. The van der Waals surface area contributed by atoms with E-state index in [0.29, 0.717) is 12.7 Å². The van der Waals surface area contributed by atoms with Crippen molar-refractivity contribution in [2.24, 2.45) is 0 Å². The van der Waals surface area contributed by atoms with Crippen LogP contribution in [0.5, 0.6) is 0 Å². The summed E-state index contributed by atoms with van der Waals surface area (Å²) in [5.41, 5.74) is 0. The number of hydrogen-bond donors (Lipinski definition) is 1. The highest BCUT2D eigenvalue weighted by atomic mass is 32.2. The van der Waals surface area contributed by atoms with Crippen molar-refractivity contribution in [3.8, 4) is 0 Å². The molecule has 1 N–H and O–H groups in total. The van der Waals surface area contributed by atoms with E-state index in [1.807, 2.05) is 20.8 Å².